The summed E-state index contributed by atoms with van der Waals surface area (Å²) in [6.07, 6.45) is 1.98. The molecule has 2 aromatic rings. The van der Waals surface area contributed by atoms with Gasteiger partial charge in [0.2, 0.25) is 0 Å². The van der Waals surface area contributed by atoms with Crippen molar-refractivity contribution in [3.05, 3.63) is 47.5 Å². The molecule has 0 unspecified atom stereocenters. The number of nitrogens with one attached hydrogen (secondary N) is 1. The van der Waals surface area contributed by atoms with Gasteiger partial charge >= 0.3 is 0 Å². The van der Waals surface area contributed by atoms with E-state index in [0.29, 0.717) is 23.6 Å². The van der Waals surface area contributed by atoms with Crippen molar-refractivity contribution in [2.24, 2.45) is 0 Å². The van der Waals surface area contributed by atoms with Crippen LogP contribution in [0.5, 0.6) is 0 Å². The fourth-order valence-corrected chi connectivity index (χ4v) is 1.56. The largest absolute Gasteiger partial charge is 0.446 e. The van der Waals surface area contributed by atoms with Crippen LogP contribution < -0.4 is 5.32 Å². The molecule has 0 radical (unpaired) electrons. The summed E-state index contributed by atoms with van der Waals surface area (Å²) in [6, 6.07) is 6.75. The van der Waals surface area contributed by atoms with Crippen molar-refractivity contribution < 1.29 is 14.3 Å². The summed E-state index contributed by atoms with van der Waals surface area (Å²) < 4.78 is 5.27. The normalized spacial score (nSPS) is 10.3. The first-order valence-corrected chi connectivity index (χ1v) is 5.62. The van der Waals surface area contributed by atoms with E-state index in [2.05, 4.69) is 10.3 Å². The van der Waals surface area contributed by atoms with Gasteiger partial charge in [-0.1, -0.05) is 0 Å². The van der Waals surface area contributed by atoms with E-state index in [0.717, 1.165) is 5.76 Å². The van der Waals surface area contributed by atoms with E-state index in [1.807, 2.05) is 0 Å². The lowest BCUT2D eigenvalue weighted by Gasteiger charge is -2.03. The summed E-state index contributed by atoms with van der Waals surface area (Å²) in [5, 5.41) is 11.5. The number of nitrogens with zero attached hydrogens (tertiary/aromatic N) is 1. The van der Waals surface area contributed by atoms with Crippen molar-refractivity contribution in [1.29, 1.82) is 0 Å². The number of furan rings is 1. The Bertz CT molecular complexity index is 549. The molecule has 0 saturated carbocycles. The highest BCUT2D eigenvalue weighted by atomic mass is 16.4. The van der Waals surface area contributed by atoms with Crippen molar-refractivity contribution in [2.75, 3.05) is 11.9 Å². The van der Waals surface area contributed by atoms with Gasteiger partial charge in [0.1, 0.15) is 5.76 Å². The van der Waals surface area contributed by atoms with Crippen LogP contribution in [0.4, 0.5) is 5.88 Å². The Morgan fingerprint density at radius 3 is 2.94 bits per heavy atom. The molecule has 0 saturated heterocycles. The Kier molecular flexibility index (Phi) is 3.74. The maximum absolute atomic E-state index is 11.9. The number of rotatable bonds is 4. The third kappa shape index (κ3) is 2.95. The highest BCUT2D eigenvalue weighted by Gasteiger charge is 2.09. The smallest absolute Gasteiger partial charge is 0.258 e. The molecular weight excluding hydrogens is 232 g/mol. The molecule has 18 heavy (non-hydrogen) atoms. The number of aryl methyl sites for hydroxylation is 1. The number of aromatic nitrogens is 1. The molecule has 94 valence electrons. The van der Waals surface area contributed by atoms with Gasteiger partial charge in [-0.15, -0.1) is 0 Å². The third-order valence-corrected chi connectivity index (χ3v) is 2.42. The second-order valence-corrected chi connectivity index (χ2v) is 3.87. The van der Waals surface area contributed by atoms with E-state index in [9.17, 15) is 4.79 Å². The maximum Gasteiger partial charge on any atom is 0.258 e. The zero-order valence-corrected chi connectivity index (χ0v) is 10.0. The number of amides is 1. The van der Waals surface area contributed by atoms with Crippen LogP contribution in [-0.2, 0) is 6.42 Å². The first-order chi connectivity index (χ1) is 8.69. The highest BCUT2D eigenvalue weighted by Crippen LogP contribution is 2.13. The molecule has 0 aliphatic carbocycles. The lowest BCUT2D eigenvalue weighted by atomic mass is 10.2. The number of pyridine rings is 1. The van der Waals surface area contributed by atoms with Crippen molar-refractivity contribution in [2.45, 2.75) is 13.3 Å². The fraction of sp³-hybridized carbons (Fsp3) is 0.231. The number of aliphatic hydroxyl groups excluding tert-OH is 1. The minimum Gasteiger partial charge on any atom is -0.446 e. The van der Waals surface area contributed by atoms with Gasteiger partial charge in [0.15, 0.2) is 5.88 Å². The number of hydrogen-bond acceptors (Lipinski definition) is 4. The molecular formula is C13H14N2O3. The van der Waals surface area contributed by atoms with E-state index in [1.165, 1.54) is 0 Å². The lowest BCUT2D eigenvalue weighted by molar-refractivity contribution is 0.102. The maximum atomic E-state index is 11.9. The van der Waals surface area contributed by atoms with Crippen LogP contribution in [0.25, 0.3) is 0 Å². The molecule has 0 atom stereocenters. The van der Waals surface area contributed by atoms with Gasteiger partial charge in [0.25, 0.3) is 5.91 Å². The minimum atomic E-state index is -0.258. The molecule has 2 rings (SSSR count). The van der Waals surface area contributed by atoms with E-state index in [-0.39, 0.29) is 12.5 Å². The van der Waals surface area contributed by atoms with E-state index in [1.54, 1.807) is 37.4 Å². The standard InChI is InChI=1S/C13H14N2O3/c1-9-2-3-12(18-9)15-13(17)10-4-6-14-11(8-10)5-7-16/h2-4,6,8,16H,5,7H2,1H3,(H,15,17). The summed E-state index contributed by atoms with van der Waals surface area (Å²) in [5.41, 5.74) is 1.17. The first-order valence-electron chi connectivity index (χ1n) is 5.62. The predicted octanol–water partition coefficient (Wildman–Crippen LogP) is 1.77. The van der Waals surface area contributed by atoms with E-state index in [4.69, 9.17) is 9.52 Å². The number of carbonyl (C=O) groups excluding carboxylic acids is 1. The summed E-state index contributed by atoms with van der Waals surface area (Å²) >= 11 is 0. The van der Waals surface area contributed by atoms with E-state index >= 15 is 0 Å². The Hall–Kier alpha value is -2.14. The lowest BCUT2D eigenvalue weighted by Crippen LogP contribution is -2.12. The predicted molar refractivity (Wildman–Crippen MR) is 66.4 cm³/mol. The zero-order valence-electron chi connectivity index (χ0n) is 10.0. The monoisotopic (exact) mass is 246 g/mol. The summed E-state index contributed by atoms with van der Waals surface area (Å²) in [4.78, 5) is 16.0. The van der Waals surface area contributed by atoms with Crippen LogP contribution in [0.3, 0.4) is 0 Å². The van der Waals surface area contributed by atoms with Crippen LogP contribution in [0.15, 0.2) is 34.9 Å². The van der Waals surface area contributed by atoms with Crippen LogP contribution in [0.1, 0.15) is 21.8 Å². The number of aliphatic hydroxyl groups is 1. The average Bonchev–Trinajstić information content (AvgIpc) is 2.75. The van der Waals surface area contributed by atoms with Crippen LogP contribution in [-0.4, -0.2) is 22.6 Å². The molecule has 2 heterocycles. The Morgan fingerprint density at radius 2 is 2.28 bits per heavy atom. The molecule has 0 bridgehead atoms. The van der Waals surface area contributed by atoms with Gasteiger partial charge in [0, 0.05) is 36.5 Å². The van der Waals surface area contributed by atoms with Gasteiger partial charge in [0.05, 0.1) is 0 Å². The highest BCUT2D eigenvalue weighted by molar-refractivity contribution is 6.03. The van der Waals surface area contributed by atoms with Gasteiger partial charge in [-0.2, -0.15) is 0 Å². The van der Waals surface area contributed by atoms with Crippen molar-refractivity contribution in [1.82, 2.24) is 4.98 Å². The van der Waals surface area contributed by atoms with Gasteiger partial charge < -0.3 is 9.52 Å². The van der Waals surface area contributed by atoms with Crippen LogP contribution in [0, 0.1) is 6.92 Å². The van der Waals surface area contributed by atoms with E-state index < -0.39 is 0 Å². The molecule has 0 aliphatic rings. The molecule has 2 aromatic heterocycles. The molecule has 5 heteroatoms. The summed E-state index contributed by atoms with van der Waals surface area (Å²) in [5.74, 6) is 0.893. The van der Waals surface area contributed by atoms with Crippen LogP contribution >= 0.6 is 0 Å². The Labute approximate surface area is 104 Å². The average molecular weight is 246 g/mol. The molecule has 5 nitrogen and oxygen atoms in total. The minimum absolute atomic E-state index is 0.00938. The fourth-order valence-electron chi connectivity index (χ4n) is 1.56. The van der Waals surface area contributed by atoms with Crippen LogP contribution in [0.2, 0.25) is 0 Å². The van der Waals surface area contributed by atoms with Crippen molar-refractivity contribution in [3.8, 4) is 0 Å². The second kappa shape index (κ2) is 5.46. The molecule has 2 N–H and O–H groups in total. The Balaban J connectivity index is 2.11. The van der Waals surface area contributed by atoms with Crippen molar-refractivity contribution >= 4 is 11.8 Å². The molecule has 0 aliphatic heterocycles. The number of hydrogen-bond donors (Lipinski definition) is 2. The topological polar surface area (TPSA) is 75.4 Å². The van der Waals surface area contributed by atoms with Gasteiger partial charge in [-0.25, -0.2) is 0 Å². The SMILES string of the molecule is Cc1ccc(NC(=O)c2ccnc(CCO)c2)o1. The first kappa shape index (κ1) is 12.3. The second-order valence-electron chi connectivity index (χ2n) is 3.87. The Morgan fingerprint density at radius 1 is 1.44 bits per heavy atom. The quantitative estimate of drug-likeness (QED) is 0.862. The van der Waals surface area contributed by atoms with Gasteiger partial charge in [-0.3, -0.25) is 15.1 Å². The third-order valence-electron chi connectivity index (χ3n) is 2.42. The van der Waals surface area contributed by atoms with Gasteiger partial charge in [-0.05, 0) is 25.1 Å². The molecule has 0 fully saturated rings. The number of carbonyl (C=O) groups is 1. The molecule has 0 aromatic carbocycles. The summed E-state index contributed by atoms with van der Waals surface area (Å²) in [7, 11) is 0. The molecule has 1 amide bonds. The molecule has 0 spiro atoms. The zero-order chi connectivity index (χ0) is 13.0. The van der Waals surface area contributed by atoms with Crippen molar-refractivity contribution in [3.63, 3.8) is 0 Å². The number of anilines is 1. The summed E-state index contributed by atoms with van der Waals surface area (Å²) in [6.45, 7) is 1.82.